The molecule has 5 nitrogen and oxygen atoms in total. The summed E-state index contributed by atoms with van der Waals surface area (Å²) < 4.78 is 0. The van der Waals surface area contributed by atoms with Crippen molar-refractivity contribution in [3.05, 3.63) is 57.8 Å². The number of hydrogen-bond donors (Lipinski definition) is 0. The summed E-state index contributed by atoms with van der Waals surface area (Å²) in [5, 5.41) is 2.01. The molecule has 3 heterocycles. The summed E-state index contributed by atoms with van der Waals surface area (Å²) in [5.41, 5.74) is 1.82. The summed E-state index contributed by atoms with van der Waals surface area (Å²) in [4.78, 5) is 33.3. The Morgan fingerprint density at radius 2 is 1.89 bits per heavy atom. The molecule has 2 amide bonds. The van der Waals surface area contributed by atoms with Crippen molar-refractivity contribution in [2.24, 2.45) is 0 Å². The van der Waals surface area contributed by atoms with Gasteiger partial charge in [-0.25, -0.2) is 0 Å². The fraction of sp³-hybridized carbons (Fsp3) is 0.429. The molecule has 0 aliphatic carbocycles. The minimum Gasteiger partial charge on any atom is -0.340 e. The maximum Gasteiger partial charge on any atom is 0.255 e. The summed E-state index contributed by atoms with van der Waals surface area (Å²) in [6.07, 6.45) is 0.354. The molecule has 2 aliphatic rings. The van der Waals surface area contributed by atoms with Crippen molar-refractivity contribution in [2.75, 3.05) is 32.7 Å². The second-order valence-electron chi connectivity index (χ2n) is 7.14. The maximum absolute atomic E-state index is 13.0. The SMILES string of the molecule is CCN1CCN(C(=O)C[C@H](c2cccs2)N2Cc3ccccc3C2=O)CC1. The van der Waals surface area contributed by atoms with Crippen LogP contribution in [0.3, 0.4) is 0 Å². The molecule has 1 fully saturated rings. The standard InChI is InChI=1S/C21H25N3O2S/c1-2-22-9-11-23(12-10-22)20(25)14-18(19-8-5-13-27-19)24-15-16-6-3-4-7-17(16)21(24)26/h3-8,13,18H,2,9-12,14-15H2,1H3/t18-/m1/s1. The maximum atomic E-state index is 13.0. The number of rotatable bonds is 5. The van der Waals surface area contributed by atoms with Gasteiger partial charge in [-0.15, -0.1) is 11.3 Å². The van der Waals surface area contributed by atoms with Gasteiger partial charge in [-0.1, -0.05) is 31.2 Å². The first-order valence-electron chi connectivity index (χ1n) is 9.59. The largest absolute Gasteiger partial charge is 0.340 e. The van der Waals surface area contributed by atoms with E-state index in [1.165, 1.54) is 0 Å². The van der Waals surface area contributed by atoms with Gasteiger partial charge in [0.1, 0.15) is 0 Å². The van der Waals surface area contributed by atoms with Crippen molar-refractivity contribution >= 4 is 23.2 Å². The number of amides is 2. The third kappa shape index (κ3) is 3.64. The average Bonchev–Trinajstić information content (AvgIpc) is 3.35. The molecule has 0 saturated carbocycles. The number of fused-ring (bicyclic) bond motifs is 1. The number of carbonyl (C=O) groups excluding carboxylic acids is 2. The van der Waals surface area contributed by atoms with Crippen molar-refractivity contribution in [1.29, 1.82) is 0 Å². The van der Waals surface area contributed by atoms with Crippen LogP contribution >= 0.6 is 11.3 Å². The Kier molecular flexibility index (Phi) is 5.27. The summed E-state index contributed by atoms with van der Waals surface area (Å²) >= 11 is 1.62. The third-order valence-corrected chi connectivity index (χ3v) is 6.61. The predicted octanol–water partition coefficient (Wildman–Crippen LogP) is 3.00. The molecule has 27 heavy (non-hydrogen) atoms. The molecule has 142 valence electrons. The molecule has 2 aliphatic heterocycles. The monoisotopic (exact) mass is 383 g/mol. The van der Waals surface area contributed by atoms with Gasteiger partial charge in [-0.2, -0.15) is 0 Å². The molecule has 0 N–H and O–H groups in total. The molecule has 0 spiro atoms. The summed E-state index contributed by atoms with van der Waals surface area (Å²) in [7, 11) is 0. The topological polar surface area (TPSA) is 43.9 Å². The van der Waals surface area contributed by atoms with E-state index in [4.69, 9.17) is 0 Å². The lowest BCUT2D eigenvalue weighted by molar-refractivity contribution is -0.134. The van der Waals surface area contributed by atoms with Gasteiger partial charge in [0.15, 0.2) is 0 Å². The lowest BCUT2D eigenvalue weighted by atomic mass is 10.1. The van der Waals surface area contributed by atoms with Crippen molar-refractivity contribution in [2.45, 2.75) is 25.9 Å². The number of hydrogen-bond acceptors (Lipinski definition) is 4. The van der Waals surface area contributed by atoms with Crippen molar-refractivity contribution in [1.82, 2.24) is 14.7 Å². The Hall–Kier alpha value is -2.18. The fourth-order valence-electron chi connectivity index (χ4n) is 3.98. The van der Waals surface area contributed by atoms with Crippen LogP contribution in [0, 0.1) is 0 Å². The normalized spacial score (nSPS) is 18.6. The van der Waals surface area contributed by atoms with Crippen LogP contribution < -0.4 is 0 Å². The fourth-order valence-corrected chi connectivity index (χ4v) is 4.82. The van der Waals surface area contributed by atoms with E-state index < -0.39 is 0 Å². The highest BCUT2D eigenvalue weighted by molar-refractivity contribution is 7.10. The molecule has 1 saturated heterocycles. The Morgan fingerprint density at radius 1 is 1.11 bits per heavy atom. The van der Waals surface area contributed by atoms with E-state index in [1.54, 1.807) is 11.3 Å². The summed E-state index contributed by atoms with van der Waals surface area (Å²) in [6, 6.07) is 11.6. The number of nitrogens with zero attached hydrogens (tertiary/aromatic N) is 3. The molecule has 1 atom stereocenters. The van der Waals surface area contributed by atoms with Crippen LogP contribution in [-0.2, 0) is 11.3 Å². The van der Waals surface area contributed by atoms with E-state index in [1.807, 2.05) is 51.6 Å². The first-order valence-corrected chi connectivity index (χ1v) is 10.5. The first kappa shape index (κ1) is 18.2. The van der Waals surface area contributed by atoms with Crippen molar-refractivity contribution in [3.63, 3.8) is 0 Å². The van der Waals surface area contributed by atoms with E-state index in [0.717, 1.165) is 48.7 Å². The van der Waals surface area contributed by atoms with E-state index in [0.29, 0.717) is 13.0 Å². The highest BCUT2D eigenvalue weighted by Crippen LogP contribution is 2.35. The summed E-state index contributed by atoms with van der Waals surface area (Å²) in [6.45, 7) is 7.17. The molecular formula is C21H25N3O2S. The number of piperazine rings is 1. The van der Waals surface area contributed by atoms with Crippen molar-refractivity contribution in [3.8, 4) is 0 Å². The van der Waals surface area contributed by atoms with Gasteiger partial charge >= 0.3 is 0 Å². The minimum absolute atomic E-state index is 0.0348. The van der Waals surface area contributed by atoms with Gasteiger partial charge in [0.25, 0.3) is 5.91 Å². The van der Waals surface area contributed by atoms with E-state index >= 15 is 0 Å². The Labute approximate surface area is 164 Å². The zero-order valence-electron chi connectivity index (χ0n) is 15.6. The van der Waals surface area contributed by atoms with Crippen LogP contribution in [0.4, 0.5) is 0 Å². The highest BCUT2D eigenvalue weighted by Gasteiger charge is 2.36. The van der Waals surface area contributed by atoms with Gasteiger partial charge in [0.05, 0.1) is 12.5 Å². The van der Waals surface area contributed by atoms with Crippen LogP contribution in [0.5, 0.6) is 0 Å². The van der Waals surface area contributed by atoms with Crippen LogP contribution in [0.1, 0.15) is 40.2 Å². The van der Waals surface area contributed by atoms with E-state index in [9.17, 15) is 9.59 Å². The van der Waals surface area contributed by atoms with Gasteiger partial charge in [-0.05, 0) is 29.6 Å². The molecule has 0 unspecified atom stereocenters. The lowest BCUT2D eigenvalue weighted by Crippen LogP contribution is -2.49. The predicted molar refractivity (Wildman–Crippen MR) is 107 cm³/mol. The van der Waals surface area contributed by atoms with Gasteiger partial charge in [0, 0.05) is 43.2 Å². The first-order chi connectivity index (χ1) is 13.2. The zero-order chi connectivity index (χ0) is 18.8. The van der Waals surface area contributed by atoms with Crippen LogP contribution in [0.25, 0.3) is 0 Å². The van der Waals surface area contributed by atoms with E-state index in [2.05, 4.69) is 11.8 Å². The minimum atomic E-state index is -0.193. The lowest BCUT2D eigenvalue weighted by Gasteiger charge is -2.35. The van der Waals surface area contributed by atoms with Crippen molar-refractivity contribution < 1.29 is 9.59 Å². The molecule has 0 radical (unpaired) electrons. The van der Waals surface area contributed by atoms with Crippen LogP contribution in [0.15, 0.2) is 41.8 Å². The number of likely N-dealkylation sites (N-methyl/N-ethyl adjacent to an activating group) is 1. The number of benzene rings is 1. The molecule has 4 rings (SSSR count). The average molecular weight is 384 g/mol. The number of thiophene rings is 1. The van der Waals surface area contributed by atoms with Gasteiger partial charge in [-0.3, -0.25) is 9.59 Å². The smallest absolute Gasteiger partial charge is 0.255 e. The molecule has 1 aromatic carbocycles. The molecule has 0 bridgehead atoms. The van der Waals surface area contributed by atoms with Gasteiger partial charge < -0.3 is 14.7 Å². The molecule has 1 aromatic heterocycles. The van der Waals surface area contributed by atoms with E-state index in [-0.39, 0.29) is 17.9 Å². The second kappa shape index (κ2) is 7.82. The summed E-state index contributed by atoms with van der Waals surface area (Å²) in [5.74, 6) is 0.181. The molecule has 2 aromatic rings. The molecular weight excluding hydrogens is 358 g/mol. The Bertz CT molecular complexity index is 813. The zero-order valence-corrected chi connectivity index (χ0v) is 16.5. The number of carbonyl (C=O) groups is 2. The quantitative estimate of drug-likeness (QED) is 0.797. The van der Waals surface area contributed by atoms with Crippen LogP contribution in [0.2, 0.25) is 0 Å². The van der Waals surface area contributed by atoms with Gasteiger partial charge in [0.2, 0.25) is 5.91 Å². The van der Waals surface area contributed by atoms with Crippen LogP contribution in [-0.4, -0.2) is 59.2 Å². The Balaban J connectivity index is 1.52. The highest BCUT2D eigenvalue weighted by atomic mass is 32.1. The second-order valence-corrected chi connectivity index (χ2v) is 8.12. The molecule has 6 heteroatoms. The third-order valence-electron chi connectivity index (χ3n) is 5.64. The Morgan fingerprint density at radius 3 is 2.56 bits per heavy atom.